The largest absolute Gasteiger partial charge is 0.413 e. The number of carbonyl (C=O) groups excluding carboxylic acids is 1. The zero-order valence-corrected chi connectivity index (χ0v) is 12.8. The second-order valence-electron chi connectivity index (χ2n) is 4.99. The third kappa shape index (κ3) is 4.00. The number of nitrogens with zero attached hydrogens (tertiary/aromatic N) is 2. The number of allylic oxidation sites excluding steroid dienone is 2. The van der Waals surface area contributed by atoms with Crippen molar-refractivity contribution < 1.29 is 9.53 Å². The molecule has 4 nitrogen and oxygen atoms in total. The summed E-state index contributed by atoms with van der Waals surface area (Å²) in [7, 11) is 0. The van der Waals surface area contributed by atoms with Crippen LogP contribution in [0.4, 0.5) is 10.5 Å². The number of amides is 1. The summed E-state index contributed by atoms with van der Waals surface area (Å²) >= 11 is 5.69. The molecule has 0 radical (unpaired) electrons. The molecule has 0 N–H and O–H groups in total. The van der Waals surface area contributed by atoms with E-state index in [-0.39, 0.29) is 0 Å². The Labute approximate surface area is 134 Å². The summed E-state index contributed by atoms with van der Waals surface area (Å²) < 4.78 is 5.03. The third-order valence-corrected chi connectivity index (χ3v) is 3.46. The summed E-state index contributed by atoms with van der Waals surface area (Å²) in [5.74, 6) is 0. The van der Waals surface area contributed by atoms with Crippen molar-refractivity contribution in [3.63, 3.8) is 0 Å². The zero-order valence-electron chi connectivity index (χ0n) is 12.1. The monoisotopic (exact) mass is 314 g/mol. The summed E-state index contributed by atoms with van der Waals surface area (Å²) in [6, 6.07) is 9.20. The van der Waals surface area contributed by atoms with Gasteiger partial charge in [-0.25, -0.2) is 0 Å². The number of hydrogen-bond donors (Lipinski definition) is 0. The van der Waals surface area contributed by atoms with Gasteiger partial charge in [0.15, 0.2) is 5.60 Å². The van der Waals surface area contributed by atoms with Crippen LogP contribution in [-0.2, 0) is 4.74 Å². The van der Waals surface area contributed by atoms with E-state index < -0.39 is 11.0 Å². The molecule has 1 aromatic rings. The lowest BCUT2D eigenvalue weighted by Crippen LogP contribution is -2.27. The molecule has 5 heteroatoms. The van der Waals surface area contributed by atoms with Crippen LogP contribution in [0.3, 0.4) is 0 Å². The van der Waals surface area contributed by atoms with E-state index in [9.17, 15) is 4.79 Å². The quantitative estimate of drug-likeness (QED) is 0.476. The van der Waals surface area contributed by atoms with Crippen LogP contribution in [0.15, 0.2) is 66.3 Å². The van der Waals surface area contributed by atoms with Crippen LogP contribution in [0.5, 0.6) is 0 Å². The topological polar surface area (TPSA) is 53.3 Å². The van der Waals surface area contributed by atoms with Gasteiger partial charge < -0.3 is 4.74 Å². The maximum Gasteiger partial charge on any atom is 0.321 e. The van der Waals surface area contributed by atoms with Crippen LogP contribution in [0.1, 0.15) is 6.92 Å². The van der Waals surface area contributed by atoms with E-state index in [1.54, 1.807) is 31.4 Å². The Morgan fingerprint density at radius 1 is 1.36 bits per heavy atom. The molecule has 1 aliphatic rings. The van der Waals surface area contributed by atoms with Crippen molar-refractivity contribution in [1.29, 1.82) is 5.26 Å². The van der Waals surface area contributed by atoms with E-state index in [1.807, 2.05) is 42.5 Å². The van der Waals surface area contributed by atoms with Crippen LogP contribution >= 0.6 is 11.6 Å². The highest BCUT2D eigenvalue weighted by Crippen LogP contribution is 2.22. The van der Waals surface area contributed by atoms with Gasteiger partial charge in [0.05, 0.1) is 6.54 Å². The molecule has 1 aliphatic carbocycles. The second-order valence-corrected chi connectivity index (χ2v) is 5.31. The Morgan fingerprint density at radius 2 is 2.09 bits per heavy atom. The molecule has 2 rings (SSSR count). The van der Waals surface area contributed by atoms with Crippen LogP contribution in [0.25, 0.3) is 0 Å². The zero-order chi connectivity index (χ0) is 16.0. The first kappa shape index (κ1) is 15.9. The minimum Gasteiger partial charge on any atom is -0.413 e. The van der Waals surface area contributed by atoms with E-state index in [2.05, 4.69) is 0 Å². The standard InChI is InChI=1S/C17H15ClN2O2/c1-17(22-13-19)10-5-6-14(9-11-17)12-20(16(18)21)15-7-3-2-4-8-15/h2-11H,12H2,1H3. The lowest BCUT2D eigenvalue weighted by molar-refractivity contribution is 0.150. The van der Waals surface area contributed by atoms with Gasteiger partial charge in [0.2, 0.25) is 0 Å². The lowest BCUT2D eigenvalue weighted by atomic mass is 10.1. The minimum absolute atomic E-state index is 0.329. The van der Waals surface area contributed by atoms with E-state index in [1.165, 1.54) is 4.90 Å². The first-order chi connectivity index (χ1) is 10.5. The number of anilines is 1. The molecule has 0 bridgehead atoms. The Kier molecular flexibility index (Phi) is 5.03. The number of halogens is 1. The molecule has 1 unspecified atom stereocenters. The highest BCUT2D eigenvalue weighted by molar-refractivity contribution is 6.66. The van der Waals surface area contributed by atoms with Crippen molar-refractivity contribution >= 4 is 22.7 Å². The fourth-order valence-corrected chi connectivity index (χ4v) is 2.22. The van der Waals surface area contributed by atoms with Gasteiger partial charge in [0.25, 0.3) is 6.26 Å². The SMILES string of the molecule is CC1(OC#N)C=CC=C(CN(C(=O)Cl)c2ccccc2)C=C1. The van der Waals surface area contributed by atoms with Crippen LogP contribution in [0, 0.1) is 11.5 Å². The number of ether oxygens (including phenoxy) is 1. The van der Waals surface area contributed by atoms with Crippen molar-refractivity contribution in [3.05, 3.63) is 66.3 Å². The summed E-state index contributed by atoms with van der Waals surface area (Å²) in [6.45, 7) is 2.11. The number of hydrogen-bond acceptors (Lipinski definition) is 3. The van der Waals surface area contributed by atoms with Crippen molar-refractivity contribution in [3.8, 4) is 6.26 Å². The predicted octanol–water partition coefficient (Wildman–Crippen LogP) is 4.16. The van der Waals surface area contributed by atoms with Crippen molar-refractivity contribution in [2.75, 3.05) is 11.4 Å². The average molecular weight is 315 g/mol. The predicted molar refractivity (Wildman–Crippen MR) is 86.5 cm³/mol. The molecular weight excluding hydrogens is 300 g/mol. The molecule has 112 valence electrons. The molecule has 0 spiro atoms. The number of benzene rings is 1. The molecule has 22 heavy (non-hydrogen) atoms. The minimum atomic E-state index is -0.782. The Balaban J connectivity index is 2.19. The lowest BCUT2D eigenvalue weighted by Gasteiger charge is -2.20. The Morgan fingerprint density at radius 3 is 2.73 bits per heavy atom. The molecule has 1 amide bonds. The molecule has 0 saturated carbocycles. The first-order valence-corrected chi connectivity index (χ1v) is 7.09. The van der Waals surface area contributed by atoms with Gasteiger partial charge >= 0.3 is 5.37 Å². The molecule has 0 heterocycles. The highest BCUT2D eigenvalue weighted by Gasteiger charge is 2.21. The normalized spacial score (nSPS) is 19.8. The highest BCUT2D eigenvalue weighted by atomic mass is 35.5. The van der Waals surface area contributed by atoms with E-state index >= 15 is 0 Å². The van der Waals surface area contributed by atoms with Gasteiger partial charge in [-0.05, 0) is 48.4 Å². The van der Waals surface area contributed by atoms with Crippen molar-refractivity contribution in [1.82, 2.24) is 0 Å². The Hall–Kier alpha value is -2.51. The summed E-state index contributed by atoms with van der Waals surface area (Å²) in [6.07, 6.45) is 10.7. The number of nitriles is 1. The van der Waals surface area contributed by atoms with Crippen LogP contribution in [0.2, 0.25) is 0 Å². The summed E-state index contributed by atoms with van der Waals surface area (Å²) in [5.41, 5.74) is 0.815. The molecule has 0 aromatic heterocycles. The van der Waals surface area contributed by atoms with Gasteiger partial charge in [-0.3, -0.25) is 9.69 Å². The molecule has 1 aromatic carbocycles. The molecule has 0 saturated heterocycles. The van der Waals surface area contributed by atoms with Gasteiger partial charge in [-0.1, -0.05) is 36.4 Å². The summed E-state index contributed by atoms with van der Waals surface area (Å²) in [5, 5.41) is 8.13. The van der Waals surface area contributed by atoms with Crippen molar-refractivity contribution in [2.24, 2.45) is 0 Å². The Bertz CT molecular complexity index is 674. The molecule has 0 fully saturated rings. The maximum atomic E-state index is 11.7. The fourth-order valence-electron chi connectivity index (χ4n) is 2.06. The van der Waals surface area contributed by atoms with Crippen molar-refractivity contribution in [2.45, 2.75) is 12.5 Å². The van der Waals surface area contributed by atoms with E-state index in [0.29, 0.717) is 6.54 Å². The average Bonchev–Trinajstić information content (AvgIpc) is 2.68. The molecule has 1 atom stereocenters. The number of rotatable bonds is 4. The smallest absolute Gasteiger partial charge is 0.321 e. The molecule has 0 aliphatic heterocycles. The van der Waals surface area contributed by atoms with Gasteiger partial charge in [0.1, 0.15) is 0 Å². The molecular formula is C17H15ClN2O2. The van der Waals surface area contributed by atoms with Gasteiger partial charge in [0, 0.05) is 5.69 Å². The maximum absolute atomic E-state index is 11.7. The van der Waals surface area contributed by atoms with Crippen LogP contribution in [-0.4, -0.2) is 17.5 Å². The number of para-hydroxylation sites is 1. The van der Waals surface area contributed by atoms with E-state index in [4.69, 9.17) is 21.6 Å². The van der Waals surface area contributed by atoms with Gasteiger partial charge in [-0.15, -0.1) is 0 Å². The van der Waals surface area contributed by atoms with E-state index in [0.717, 1.165) is 11.3 Å². The second kappa shape index (κ2) is 6.97. The van der Waals surface area contributed by atoms with Gasteiger partial charge in [-0.2, -0.15) is 5.26 Å². The number of carbonyl (C=O) groups is 1. The third-order valence-electron chi connectivity index (χ3n) is 3.25. The first-order valence-electron chi connectivity index (χ1n) is 6.71. The van der Waals surface area contributed by atoms with Crippen LogP contribution < -0.4 is 4.90 Å². The summed E-state index contributed by atoms with van der Waals surface area (Å²) in [4.78, 5) is 13.2. The fraction of sp³-hybridized carbons (Fsp3) is 0.176.